The Hall–Kier alpha value is -2.39. The molecule has 0 aliphatic heterocycles. The molecule has 0 aliphatic rings. The van der Waals surface area contributed by atoms with Crippen molar-refractivity contribution in [2.45, 2.75) is 38.3 Å². The zero-order chi connectivity index (χ0) is 19.8. The van der Waals surface area contributed by atoms with E-state index >= 15 is 0 Å². The molecule has 142 valence electrons. The highest BCUT2D eigenvalue weighted by molar-refractivity contribution is 7.99. The van der Waals surface area contributed by atoms with Crippen LogP contribution in [0.25, 0.3) is 5.78 Å². The van der Waals surface area contributed by atoms with Gasteiger partial charge < -0.3 is 5.32 Å². The first-order valence-electron chi connectivity index (χ1n) is 8.21. The second-order valence-electron chi connectivity index (χ2n) is 7.02. The number of fused-ring (bicyclic) bond motifs is 1. The van der Waals surface area contributed by atoms with Gasteiger partial charge in [0.2, 0.25) is 11.1 Å². The van der Waals surface area contributed by atoms with Crippen LogP contribution >= 0.6 is 23.4 Å². The molecule has 0 atom stereocenters. The van der Waals surface area contributed by atoms with Crippen LogP contribution in [0.2, 0.25) is 5.02 Å². The third-order valence-corrected chi connectivity index (χ3v) is 5.17. The Morgan fingerprint density at radius 1 is 1.33 bits per heavy atom. The van der Waals surface area contributed by atoms with Crippen LogP contribution in [0.1, 0.15) is 32.0 Å². The number of anilines is 1. The summed E-state index contributed by atoms with van der Waals surface area (Å²) >= 11 is 7.25. The number of carbonyl (C=O) groups excluding carboxylic acids is 1. The number of hydrogen-bond donors (Lipinski definition) is 2. The minimum atomic E-state index is -0.435. The van der Waals surface area contributed by atoms with Crippen molar-refractivity contribution in [2.75, 3.05) is 11.1 Å². The Labute approximate surface area is 164 Å². The van der Waals surface area contributed by atoms with Gasteiger partial charge in [-0.2, -0.15) is 9.61 Å². The fourth-order valence-electron chi connectivity index (χ4n) is 2.38. The molecule has 3 aromatic rings. The summed E-state index contributed by atoms with van der Waals surface area (Å²) in [5, 5.41) is 16.1. The van der Waals surface area contributed by atoms with Crippen LogP contribution in [0.15, 0.2) is 28.2 Å². The van der Waals surface area contributed by atoms with Crippen LogP contribution in [0.3, 0.4) is 0 Å². The maximum Gasteiger partial charge on any atom is 0.274 e. The van der Waals surface area contributed by atoms with E-state index in [0.29, 0.717) is 21.6 Å². The monoisotopic (exact) mass is 406 g/mol. The SMILES string of the molecule is Cc1c(Cl)cccc1NC(=O)CSc1nnc2[nH]c(=O)c(C(C)(C)C)nn12. The number of rotatable bonds is 4. The molecular weight excluding hydrogens is 388 g/mol. The third-order valence-electron chi connectivity index (χ3n) is 3.84. The molecule has 2 heterocycles. The number of nitrogens with one attached hydrogen (secondary N) is 2. The predicted octanol–water partition coefficient (Wildman–Crippen LogP) is 2.80. The van der Waals surface area contributed by atoms with Crippen molar-refractivity contribution in [3.05, 3.63) is 44.8 Å². The zero-order valence-electron chi connectivity index (χ0n) is 15.3. The standard InChI is InChI=1S/C17H19ClN6O2S/c1-9-10(18)6-5-7-11(9)19-12(25)8-27-16-22-21-15-20-14(26)13(17(2,3)4)23-24(15)16/h5-7H,8H2,1-4H3,(H,19,25)(H,20,21,26). The number of aromatic amines is 1. The van der Waals surface area contributed by atoms with E-state index in [1.807, 2.05) is 27.7 Å². The number of hydrogen-bond acceptors (Lipinski definition) is 6. The van der Waals surface area contributed by atoms with Crippen molar-refractivity contribution in [2.24, 2.45) is 0 Å². The number of aromatic nitrogens is 5. The molecule has 0 spiro atoms. The molecule has 1 amide bonds. The normalized spacial score (nSPS) is 11.7. The Bertz CT molecular complexity index is 1070. The van der Waals surface area contributed by atoms with Gasteiger partial charge in [0.05, 0.1) is 5.75 Å². The molecule has 0 aliphatic carbocycles. The Balaban J connectivity index is 1.78. The summed E-state index contributed by atoms with van der Waals surface area (Å²) in [6, 6.07) is 5.33. The van der Waals surface area contributed by atoms with Gasteiger partial charge in [-0.3, -0.25) is 14.6 Å². The smallest absolute Gasteiger partial charge is 0.274 e. The molecule has 3 rings (SSSR count). The molecule has 0 bridgehead atoms. The molecular formula is C17H19ClN6O2S. The van der Waals surface area contributed by atoms with Crippen molar-refractivity contribution in [3.8, 4) is 0 Å². The molecule has 27 heavy (non-hydrogen) atoms. The van der Waals surface area contributed by atoms with Crippen LogP contribution in [0, 0.1) is 6.92 Å². The number of halogens is 1. The van der Waals surface area contributed by atoms with Gasteiger partial charge in [0, 0.05) is 16.1 Å². The van der Waals surface area contributed by atoms with Crippen molar-refractivity contribution in [1.82, 2.24) is 24.8 Å². The largest absolute Gasteiger partial charge is 0.325 e. The summed E-state index contributed by atoms with van der Waals surface area (Å²) in [6.45, 7) is 7.53. The zero-order valence-corrected chi connectivity index (χ0v) is 16.9. The van der Waals surface area contributed by atoms with E-state index in [9.17, 15) is 9.59 Å². The lowest BCUT2D eigenvalue weighted by molar-refractivity contribution is -0.113. The minimum absolute atomic E-state index is 0.110. The van der Waals surface area contributed by atoms with E-state index in [1.54, 1.807) is 18.2 Å². The van der Waals surface area contributed by atoms with Gasteiger partial charge in [-0.05, 0) is 24.6 Å². The number of nitrogens with zero attached hydrogens (tertiary/aromatic N) is 4. The quantitative estimate of drug-likeness (QED) is 0.645. The summed E-state index contributed by atoms with van der Waals surface area (Å²) < 4.78 is 1.45. The summed E-state index contributed by atoms with van der Waals surface area (Å²) in [4.78, 5) is 27.1. The lowest BCUT2D eigenvalue weighted by Crippen LogP contribution is -2.28. The van der Waals surface area contributed by atoms with E-state index < -0.39 is 5.41 Å². The van der Waals surface area contributed by atoms with Crippen LogP contribution in [0.5, 0.6) is 0 Å². The summed E-state index contributed by atoms with van der Waals surface area (Å²) in [5.74, 6) is 0.141. The number of amides is 1. The van der Waals surface area contributed by atoms with Gasteiger partial charge in [0.1, 0.15) is 5.69 Å². The molecule has 0 saturated heterocycles. The average Bonchev–Trinajstić information content (AvgIpc) is 2.97. The average molecular weight is 407 g/mol. The molecule has 0 saturated carbocycles. The van der Waals surface area contributed by atoms with E-state index in [-0.39, 0.29) is 23.0 Å². The van der Waals surface area contributed by atoms with E-state index in [0.717, 1.165) is 5.56 Å². The summed E-state index contributed by atoms with van der Waals surface area (Å²) in [6.07, 6.45) is 0. The second-order valence-corrected chi connectivity index (χ2v) is 8.37. The van der Waals surface area contributed by atoms with Crippen molar-refractivity contribution in [3.63, 3.8) is 0 Å². The minimum Gasteiger partial charge on any atom is -0.325 e. The number of carbonyl (C=O) groups is 1. The molecule has 2 aromatic heterocycles. The highest BCUT2D eigenvalue weighted by atomic mass is 35.5. The Morgan fingerprint density at radius 3 is 2.78 bits per heavy atom. The van der Waals surface area contributed by atoms with Crippen LogP contribution in [0.4, 0.5) is 5.69 Å². The van der Waals surface area contributed by atoms with Crippen molar-refractivity contribution >= 4 is 40.7 Å². The van der Waals surface area contributed by atoms with Crippen LogP contribution < -0.4 is 10.9 Å². The highest BCUT2D eigenvalue weighted by Gasteiger charge is 2.22. The summed E-state index contributed by atoms with van der Waals surface area (Å²) in [7, 11) is 0. The lowest BCUT2D eigenvalue weighted by Gasteiger charge is -2.15. The van der Waals surface area contributed by atoms with Gasteiger partial charge in [-0.25, -0.2) is 0 Å². The number of H-pyrrole nitrogens is 1. The highest BCUT2D eigenvalue weighted by Crippen LogP contribution is 2.24. The van der Waals surface area contributed by atoms with Gasteiger partial charge >= 0.3 is 0 Å². The van der Waals surface area contributed by atoms with Crippen molar-refractivity contribution in [1.29, 1.82) is 0 Å². The van der Waals surface area contributed by atoms with E-state index in [2.05, 4.69) is 25.6 Å². The number of thioether (sulfide) groups is 1. The topological polar surface area (TPSA) is 105 Å². The Morgan fingerprint density at radius 2 is 2.07 bits per heavy atom. The van der Waals surface area contributed by atoms with Gasteiger partial charge in [-0.1, -0.05) is 50.2 Å². The molecule has 8 nitrogen and oxygen atoms in total. The first kappa shape index (κ1) is 19.4. The first-order valence-corrected chi connectivity index (χ1v) is 9.57. The van der Waals surface area contributed by atoms with Crippen LogP contribution in [-0.4, -0.2) is 36.5 Å². The number of benzene rings is 1. The maximum atomic E-state index is 12.3. The van der Waals surface area contributed by atoms with Gasteiger partial charge in [0.15, 0.2) is 0 Å². The molecule has 2 N–H and O–H groups in total. The molecule has 0 radical (unpaired) electrons. The van der Waals surface area contributed by atoms with Gasteiger partial charge in [0.25, 0.3) is 11.3 Å². The third kappa shape index (κ3) is 4.14. The molecule has 10 heteroatoms. The first-order chi connectivity index (χ1) is 12.7. The lowest BCUT2D eigenvalue weighted by atomic mass is 9.93. The predicted molar refractivity (Wildman–Crippen MR) is 106 cm³/mol. The summed E-state index contributed by atoms with van der Waals surface area (Å²) in [5.41, 5.74) is 1.11. The molecule has 1 aromatic carbocycles. The van der Waals surface area contributed by atoms with Gasteiger partial charge in [-0.15, -0.1) is 10.2 Å². The fraction of sp³-hybridized carbons (Fsp3) is 0.353. The van der Waals surface area contributed by atoms with E-state index in [4.69, 9.17) is 11.6 Å². The molecule has 0 fully saturated rings. The second kappa shape index (κ2) is 7.32. The Kier molecular flexibility index (Phi) is 5.25. The van der Waals surface area contributed by atoms with Crippen molar-refractivity contribution < 1.29 is 4.79 Å². The maximum absolute atomic E-state index is 12.3. The molecule has 0 unspecified atom stereocenters. The fourth-order valence-corrected chi connectivity index (χ4v) is 3.23. The van der Waals surface area contributed by atoms with E-state index in [1.165, 1.54) is 16.3 Å². The van der Waals surface area contributed by atoms with Crippen LogP contribution in [-0.2, 0) is 10.2 Å².